The highest BCUT2D eigenvalue weighted by atomic mass is 15.2. The lowest BCUT2D eigenvalue weighted by Crippen LogP contribution is -2.48. The van der Waals surface area contributed by atoms with Gasteiger partial charge in [-0.3, -0.25) is 9.58 Å². The molecule has 1 heterocycles. The van der Waals surface area contributed by atoms with Gasteiger partial charge in [-0.05, 0) is 45.3 Å². The summed E-state index contributed by atoms with van der Waals surface area (Å²) < 4.78 is 1.88. The van der Waals surface area contributed by atoms with E-state index in [1.54, 1.807) is 0 Å². The van der Waals surface area contributed by atoms with E-state index >= 15 is 0 Å². The molecule has 2 unspecified atom stereocenters. The van der Waals surface area contributed by atoms with Crippen molar-refractivity contribution < 1.29 is 0 Å². The first-order valence-corrected chi connectivity index (χ1v) is 7.09. The van der Waals surface area contributed by atoms with E-state index in [-0.39, 0.29) is 0 Å². The van der Waals surface area contributed by atoms with Crippen LogP contribution in [0.4, 0.5) is 0 Å². The molecule has 0 aliphatic heterocycles. The summed E-state index contributed by atoms with van der Waals surface area (Å²) in [6, 6.07) is 0.745. The largest absolute Gasteiger partial charge is 0.316 e. The second kappa shape index (κ2) is 6.34. The van der Waals surface area contributed by atoms with Crippen LogP contribution in [-0.4, -0.2) is 40.9 Å². The molecule has 4 heteroatoms. The monoisotopic (exact) mass is 250 g/mol. The molecule has 0 amide bonds. The van der Waals surface area contributed by atoms with E-state index in [9.17, 15) is 0 Å². The van der Waals surface area contributed by atoms with Gasteiger partial charge in [0.2, 0.25) is 0 Å². The molecular formula is C14H26N4. The van der Waals surface area contributed by atoms with E-state index in [0.29, 0.717) is 0 Å². The topological polar surface area (TPSA) is 33.1 Å². The maximum atomic E-state index is 4.23. The van der Waals surface area contributed by atoms with Crippen molar-refractivity contribution in [2.24, 2.45) is 13.0 Å². The fraction of sp³-hybridized carbons (Fsp3) is 0.786. The number of aryl methyl sites for hydroxylation is 1. The maximum absolute atomic E-state index is 4.23. The highest BCUT2D eigenvalue weighted by Gasteiger charge is 2.33. The average Bonchev–Trinajstić information content (AvgIpc) is 2.68. The molecule has 1 aliphatic rings. The van der Waals surface area contributed by atoms with E-state index in [0.717, 1.165) is 25.0 Å². The Morgan fingerprint density at radius 3 is 2.89 bits per heavy atom. The molecular weight excluding hydrogens is 224 g/mol. The minimum absolute atomic E-state index is 0.745. The Balaban J connectivity index is 1.76. The van der Waals surface area contributed by atoms with Gasteiger partial charge < -0.3 is 5.32 Å². The average molecular weight is 250 g/mol. The van der Waals surface area contributed by atoms with Gasteiger partial charge in [-0.15, -0.1) is 0 Å². The molecule has 0 radical (unpaired) electrons. The lowest BCUT2D eigenvalue weighted by Gasteiger charge is -2.43. The molecule has 0 saturated heterocycles. The van der Waals surface area contributed by atoms with Gasteiger partial charge in [-0.25, -0.2) is 0 Å². The predicted molar refractivity (Wildman–Crippen MR) is 74.3 cm³/mol. The molecule has 1 aromatic heterocycles. The molecule has 1 fully saturated rings. The Kier molecular flexibility index (Phi) is 4.78. The Bertz CT molecular complexity index is 360. The summed E-state index contributed by atoms with van der Waals surface area (Å²) in [6.45, 7) is 5.56. The van der Waals surface area contributed by atoms with Crippen LogP contribution in [0, 0.1) is 5.92 Å². The van der Waals surface area contributed by atoms with E-state index in [1.165, 1.54) is 31.4 Å². The highest BCUT2D eigenvalue weighted by Crippen LogP contribution is 2.31. The van der Waals surface area contributed by atoms with Crippen molar-refractivity contribution in [3.8, 4) is 0 Å². The molecule has 0 aromatic carbocycles. The standard InChI is InChI=1S/C14H26N4/c1-4-7-15-9-13-5-6-14(13)17(2)10-12-8-16-18(3)11-12/h8,11,13-15H,4-7,9-10H2,1-3H3. The van der Waals surface area contributed by atoms with Gasteiger partial charge in [0.15, 0.2) is 0 Å². The lowest BCUT2D eigenvalue weighted by molar-refractivity contribution is 0.0782. The van der Waals surface area contributed by atoms with Gasteiger partial charge >= 0.3 is 0 Å². The first-order chi connectivity index (χ1) is 8.70. The third kappa shape index (κ3) is 3.33. The van der Waals surface area contributed by atoms with Crippen LogP contribution >= 0.6 is 0 Å². The number of nitrogens with one attached hydrogen (secondary N) is 1. The number of nitrogens with zero attached hydrogens (tertiary/aromatic N) is 3. The predicted octanol–water partition coefficient (Wildman–Crippen LogP) is 1.63. The molecule has 1 aromatic rings. The summed E-state index contributed by atoms with van der Waals surface area (Å²) in [4.78, 5) is 2.48. The molecule has 18 heavy (non-hydrogen) atoms. The summed E-state index contributed by atoms with van der Waals surface area (Å²) in [5.41, 5.74) is 1.31. The van der Waals surface area contributed by atoms with Crippen LogP contribution in [0.25, 0.3) is 0 Å². The first-order valence-electron chi connectivity index (χ1n) is 7.09. The van der Waals surface area contributed by atoms with Crippen LogP contribution in [-0.2, 0) is 13.6 Å². The SMILES string of the molecule is CCCNCC1CCC1N(C)Cc1cnn(C)c1. The van der Waals surface area contributed by atoms with Crippen molar-refractivity contribution in [1.82, 2.24) is 20.0 Å². The fourth-order valence-electron chi connectivity index (χ4n) is 2.79. The minimum Gasteiger partial charge on any atom is -0.316 e. The van der Waals surface area contributed by atoms with Gasteiger partial charge in [0.25, 0.3) is 0 Å². The molecule has 1 N–H and O–H groups in total. The number of aromatic nitrogens is 2. The molecule has 0 bridgehead atoms. The van der Waals surface area contributed by atoms with Gasteiger partial charge in [-0.2, -0.15) is 5.10 Å². The number of hydrogen-bond acceptors (Lipinski definition) is 3. The van der Waals surface area contributed by atoms with Crippen LogP contribution in [0.15, 0.2) is 12.4 Å². The Labute approximate surface area is 110 Å². The van der Waals surface area contributed by atoms with Crippen molar-refractivity contribution >= 4 is 0 Å². The van der Waals surface area contributed by atoms with Crippen molar-refractivity contribution in [1.29, 1.82) is 0 Å². The first kappa shape index (κ1) is 13.6. The van der Waals surface area contributed by atoms with Crippen LogP contribution in [0.2, 0.25) is 0 Å². The second-order valence-corrected chi connectivity index (χ2v) is 5.55. The summed E-state index contributed by atoms with van der Waals surface area (Å²) in [5.74, 6) is 0.832. The van der Waals surface area contributed by atoms with Crippen LogP contribution in [0.1, 0.15) is 31.7 Å². The van der Waals surface area contributed by atoms with Crippen molar-refractivity contribution in [2.45, 2.75) is 38.8 Å². The molecule has 2 atom stereocenters. The minimum atomic E-state index is 0.745. The second-order valence-electron chi connectivity index (χ2n) is 5.55. The molecule has 4 nitrogen and oxygen atoms in total. The van der Waals surface area contributed by atoms with Gasteiger partial charge in [0.1, 0.15) is 0 Å². The molecule has 1 aliphatic carbocycles. The normalized spacial score (nSPS) is 23.3. The zero-order valence-corrected chi connectivity index (χ0v) is 11.9. The molecule has 1 saturated carbocycles. The van der Waals surface area contributed by atoms with E-state index in [2.05, 4.69) is 35.5 Å². The Hall–Kier alpha value is -0.870. The zero-order valence-electron chi connectivity index (χ0n) is 11.9. The van der Waals surface area contributed by atoms with Gasteiger partial charge in [-0.1, -0.05) is 6.92 Å². The quantitative estimate of drug-likeness (QED) is 0.747. The summed E-state index contributed by atoms with van der Waals surface area (Å²) >= 11 is 0. The summed E-state index contributed by atoms with van der Waals surface area (Å²) in [6.07, 6.45) is 8.02. The smallest absolute Gasteiger partial charge is 0.0534 e. The summed E-state index contributed by atoms with van der Waals surface area (Å²) in [5, 5.41) is 7.78. The van der Waals surface area contributed by atoms with Gasteiger partial charge in [0, 0.05) is 31.4 Å². The van der Waals surface area contributed by atoms with Crippen LogP contribution in [0.3, 0.4) is 0 Å². The van der Waals surface area contributed by atoms with E-state index < -0.39 is 0 Å². The number of hydrogen-bond donors (Lipinski definition) is 1. The number of rotatable bonds is 7. The summed E-state index contributed by atoms with van der Waals surface area (Å²) in [7, 11) is 4.22. The van der Waals surface area contributed by atoms with Crippen LogP contribution < -0.4 is 5.32 Å². The third-order valence-corrected chi connectivity index (χ3v) is 3.97. The van der Waals surface area contributed by atoms with Crippen LogP contribution in [0.5, 0.6) is 0 Å². The third-order valence-electron chi connectivity index (χ3n) is 3.97. The van der Waals surface area contributed by atoms with E-state index in [1.807, 2.05) is 17.9 Å². The zero-order chi connectivity index (χ0) is 13.0. The lowest BCUT2D eigenvalue weighted by atomic mass is 9.78. The maximum Gasteiger partial charge on any atom is 0.0534 e. The van der Waals surface area contributed by atoms with Crippen molar-refractivity contribution in [2.75, 3.05) is 20.1 Å². The molecule has 102 valence electrons. The Morgan fingerprint density at radius 2 is 2.33 bits per heavy atom. The van der Waals surface area contributed by atoms with Crippen molar-refractivity contribution in [3.63, 3.8) is 0 Å². The van der Waals surface area contributed by atoms with Gasteiger partial charge in [0.05, 0.1) is 6.20 Å². The van der Waals surface area contributed by atoms with Crippen molar-refractivity contribution in [3.05, 3.63) is 18.0 Å². The Morgan fingerprint density at radius 1 is 1.50 bits per heavy atom. The highest BCUT2D eigenvalue weighted by molar-refractivity contribution is 5.04. The molecule has 2 rings (SSSR count). The fourth-order valence-corrected chi connectivity index (χ4v) is 2.79. The molecule has 0 spiro atoms. The van der Waals surface area contributed by atoms with E-state index in [4.69, 9.17) is 0 Å².